The molecule has 8 nitrogen and oxygen atoms in total. The standard InChI is InChI=1S/C30H37N3O5S/c1-4-32-39(36,37)28-17-12-24(13-18-28)14-19-29(34)33(22-26-8-6-5-7-9-26)23(2)30(35)31-21-20-25-10-15-27(38-3)16-11-25/h5-13,15-18,23,32H,4,14,19-22H2,1-3H3,(H,31,35). The summed E-state index contributed by atoms with van der Waals surface area (Å²) in [6, 6.07) is 23.1. The van der Waals surface area contributed by atoms with Crippen LogP contribution in [0.25, 0.3) is 0 Å². The second-order valence-electron chi connectivity index (χ2n) is 9.22. The van der Waals surface area contributed by atoms with Crippen molar-refractivity contribution < 1.29 is 22.7 Å². The normalized spacial score (nSPS) is 12.0. The highest BCUT2D eigenvalue weighted by molar-refractivity contribution is 7.89. The SMILES string of the molecule is CCNS(=O)(=O)c1ccc(CCC(=O)N(Cc2ccccc2)C(C)C(=O)NCCc2ccc(OC)cc2)cc1. The summed E-state index contributed by atoms with van der Waals surface area (Å²) in [6.07, 6.45) is 1.28. The van der Waals surface area contributed by atoms with Gasteiger partial charge in [0, 0.05) is 26.1 Å². The summed E-state index contributed by atoms with van der Waals surface area (Å²) in [7, 11) is -1.91. The fourth-order valence-corrected chi connectivity index (χ4v) is 5.18. The van der Waals surface area contributed by atoms with E-state index in [4.69, 9.17) is 4.74 Å². The molecule has 0 saturated heterocycles. The zero-order valence-electron chi connectivity index (χ0n) is 22.7. The molecular formula is C30H37N3O5S. The van der Waals surface area contributed by atoms with Crippen LogP contribution in [0.1, 0.15) is 37.0 Å². The minimum atomic E-state index is -3.53. The first-order chi connectivity index (χ1) is 18.7. The zero-order valence-corrected chi connectivity index (χ0v) is 23.5. The van der Waals surface area contributed by atoms with Gasteiger partial charge in [-0.1, -0.05) is 61.5 Å². The van der Waals surface area contributed by atoms with Gasteiger partial charge in [-0.15, -0.1) is 0 Å². The van der Waals surface area contributed by atoms with E-state index in [9.17, 15) is 18.0 Å². The lowest BCUT2D eigenvalue weighted by molar-refractivity contribution is -0.140. The number of amides is 2. The van der Waals surface area contributed by atoms with Crippen LogP contribution in [0.3, 0.4) is 0 Å². The number of nitrogens with zero attached hydrogens (tertiary/aromatic N) is 1. The minimum absolute atomic E-state index is 0.152. The van der Waals surface area contributed by atoms with Crippen LogP contribution in [0.4, 0.5) is 0 Å². The highest BCUT2D eigenvalue weighted by Crippen LogP contribution is 2.16. The van der Waals surface area contributed by atoms with Crippen LogP contribution in [0, 0.1) is 0 Å². The van der Waals surface area contributed by atoms with E-state index in [1.54, 1.807) is 50.1 Å². The fourth-order valence-electron chi connectivity index (χ4n) is 4.14. The molecule has 3 aromatic carbocycles. The molecule has 0 aromatic heterocycles. The Bertz CT molecular complexity index is 1310. The molecule has 208 valence electrons. The number of nitrogens with one attached hydrogen (secondary N) is 2. The molecule has 3 rings (SSSR count). The van der Waals surface area contributed by atoms with E-state index < -0.39 is 16.1 Å². The average Bonchev–Trinajstić information content (AvgIpc) is 2.95. The van der Waals surface area contributed by atoms with E-state index in [1.807, 2.05) is 54.6 Å². The predicted molar refractivity (Wildman–Crippen MR) is 152 cm³/mol. The topological polar surface area (TPSA) is 105 Å². The third-order valence-corrected chi connectivity index (χ3v) is 7.99. The molecule has 39 heavy (non-hydrogen) atoms. The first kappa shape index (κ1) is 29.9. The molecule has 0 spiro atoms. The van der Waals surface area contributed by atoms with E-state index >= 15 is 0 Å². The molecule has 0 aliphatic heterocycles. The molecule has 1 atom stereocenters. The number of hydrogen-bond donors (Lipinski definition) is 2. The van der Waals surface area contributed by atoms with E-state index in [0.29, 0.717) is 32.5 Å². The molecule has 0 radical (unpaired) electrons. The van der Waals surface area contributed by atoms with Crippen molar-refractivity contribution in [1.82, 2.24) is 14.9 Å². The average molecular weight is 552 g/mol. The van der Waals surface area contributed by atoms with Crippen LogP contribution in [0.2, 0.25) is 0 Å². The van der Waals surface area contributed by atoms with Crippen molar-refractivity contribution in [2.75, 3.05) is 20.2 Å². The summed E-state index contributed by atoms with van der Waals surface area (Å²) >= 11 is 0. The van der Waals surface area contributed by atoms with Crippen molar-refractivity contribution in [1.29, 1.82) is 0 Å². The number of methoxy groups -OCH3 is 1. The maximum atomic E-state index is 13.4. The third-order valence-electron chi connectivity index (χ3n) is 6.43. The number of aryl methyl sites for hydroxylation is 1. The van der Waals surface area contributed by atoms with E-state index in [2.05, 4.69) is 10.0 Å². The second-order valence-corrected chi connectivity index (χ2v) is 11.0. The Balaban J connectivity index is 1.63. The van der Waals surface area contributed by atoms with E-state index in [-0.39, 0.29) is 23.1 Å². The van der Waals surface area contributed by atoms with Crippen LogP contribution >= 0.6 is 0 Å². The number of hydrogen-bond acceptors (Lipinski definition) is 5. The Morgan fingerprint density at radius 2 is 1.49 bits per heavy atom. The lowest BCUT2D eigenvalue weighted by atomic mass is 10.1. The van der Waals surface area contributed by atoms with Crippen LogP contribution in [0.15, 0.2) is 83.8 Å². The maximum absolute atomic E-state index is 13.4. The van der Waals surface area contributed by atoms with Gasteiger partial charge in [-0.25, -0.2) is 13.1 Å². The number of rotatable bonds is 14. The summed E-state index contributed by atoms with van der Waals surface area (Å²) in [4.78, 5) is 28.2. The van der Waals surface area contributed by atoms with Gasteiger partial charge in [-0.3, -0.25) is 9.59 Å². The molecule has 0 heterocycles. The molecule has 0 fully saturated rings. The number of carbonyl (C=O) groups is 2. The molecular weight excluding hydrogens is 514 g/mol. The minimum Gasteiger partial charge on any atom is -0.497 e. The van der Waals surface area contributed by atoms with E-state index in [1.165, 1.54) is 0 Å². The maximum Gasteiger partial charge on any atom is 0.242 e. The van der Waals surface area contributed by atoms with Gasteiger partial charge in [-0.05, 0) is 60.7 Å². The van der Waals surface area contributed by atoms with Gasteiger partial charge in [0.15, 0.2) is 0 Å². The lowest BCUT2D eigenvalue weighted by Crippen LogP contribution is -2.48. The Morgan fingerprint density at radius 3 is 2.10 bits per heavy atom. The first-order valence-corrected chi connectivity index (χ1v) is 14.5. The van der Waals surface area contributed by atoms with E-state index in [0.717, 1.165) is 22.4 Å². The molecule has 2 N–H and O–H groups in total. The Labute approximate surface area is 231 Å². The van der Waals surface area contributed by atoms with Crippen molar-refractivity contribution >= 4 is 21.8 Å². The summed E-state index contributed by atoms with van der Waals surface area (Å²) in [5.41, 5.74) is 2.85. The van der Waals surface area contributed by atoms with Crippen molar-refractivity contribution in [3.05, 3.63) is 95.6 Å². The predicted octanol–water partition coefficient (Wildman–Crippen LogP) is 3.70. The largest absolute Gasteiger partial charge is 0.497 e. The Hall–Kier alpha value is -3.69. The Morgan fingerprint density at radius 1 is 0.872 bits per heavy atom. The highest BCUT2D eigenvalue weighted by Gasteiger charge is 2.26. The summed E-state index contributed by atoms with van der Waals surface area (Å²) in [5.74, 6) is 0.410. The number of ether oxygens (including phenoxy) is 1. The molecule has 2 amide bonds. The van der Waals surface area contributed by atoms with Gasteiger partial charge in [-0.2, -0.15) is 0 Å². The van der Waals surface area contributed by atoms with Gasteiger partial charge in [0.1, 0.15) is 11.8 Å². The van der Waals surface area contributed by atoms with Crippen LogP contribution in [-0.4, -0.2) is 51.4 Å². The summed E-state index contributed by atoms with van der Waals surface area (Å²) < 4.78 is 32.0. The number of carbonyl (C=O) groups excluding carboxylic acids is 2. The monoisotopic (exact) mass is 551 g/mol. The van der Waals surface area contributed by atoms with Gasteiger partial charge >= 0.3 is 0 Å². The zero-order chi connectivity index (χ0) is 28.3. The van der Waals surface area contributed by atoms with Gasteiger partial charge in [0.05, 0.1) is 12.0 Å². The van der Waals surface area contributed by atoms with Gasteiger partial charge < -0.3 is 15.0 Å². The summed E-state index contributed by atoms with van der Waals surface area (Å²) in [6.45, 7) is 4.53. The highest BCUT2D eigenvalue weighted by atomic mass is 32.2. The second kappa shape index (κ2) is 14.5. The van der Waals surface area contributed by atoms with Gasteiger partial charge in [0.25, 0.3) is 0 Å². The summed E-state index contributed by atoms with van der Waals surface area (Å²) in [5, 5.41) is 2.96. The van der Waals surface area contributed by atoms with Crippen LogP contribution in [0.5, 0.6) is 5.75 Å². The molecule has 9 heteroatoms. The van der Waals surface area contributed by atoms with Crippen molar-refractivity contribution in [3.63, 3.8) is 0 Å². The third kappa shape index (κ3) is 8.94. The van der Waals surface area contributed by atoms with Crippen LogP contribution in [-0.2, 0) is 39.0 Å². The molecule has 1 unspecified atom stereocenters. The smallest absolute Gasteiger partial charge is 0.242 e. The van der Waals surface area contributed by atoms with Crippen molar-refractivity contribution in [2.24, 2.45) is 0 Å². The van der Waals surface area contributed by atoms with Crippen molar-refractivity contribution in [3.8, 4) is 5.75 Å². The first-order valence-electron chi connectivity index (χ1n) is 13.1. The molecule has 3 aromatic rings. The van der Waals surface area contributed by atoms with Crippen molar-refractivity contribution in [2.45, 2.75) is 50.6 Å². The molecule has 0 bridgehead atoms. The Kier molecular flexibility index (Phi) is 11.1. The number of benzene rings is 3. The van der Waals surface area contributed by atoms with Gasteiger partial charge in [0.2, 0.25) is 21.8 Å². The quantitative estimate of drug-likeness (QED) is 0.318. The lowest BCUT2D eigenvalue weighted by Gasteiger charge is -2.29. The molecule has 0 aliphatic rings. The fraction of sp³-hybridized carbons (Fsp3) is 0.333. The number of sulfonamides is 1. The van der Waals surface area contributed by atoms with Crippen LogP contribution < -0.4 is 14.8 Å². The molecule has 0 aliphatic carbocycles. The molecule has 0 saturated carbocycles.